The first-order valence-electron chi connectivity index (χ1n) is 6.43. The molecule has 0 spiro atoms. The number of carbonyl (C=O) groups is 1. The zero-order valence-electron chi connectivity index (χ0n) is 11.4. The quantitative estimate of drug-likeness (QED) is 0.748. The van der Waals surface area contributed by atoms with Crippen molar-refractivity contribution in [1.29, 1.82) is 0 Å². The normalized spacial score (nSPS) is 11.3. The van der Waals surface area contributed by atoms with Gasteiger partial charge in [0.25, 0.3) is 0 Å². The van der Waals surface area contributed by atoms with Crippen LogP contribution < -0.4 is 0 Å². The summed E-state index contributed by atoms with van der Waals surface area (Å²) in [5, 5.41) is 9.82. The first kappa shape index (κ1) is 13.1. The molecule has 5 heteroatoms. The van der Waals surface area contributed by atoms with E-state index in [1.807, 2.05) is 35.9 Å². The third kappa shape index (κ3) is 2.29. The van der Waals surface area contributed by atoms with E-state index in [2.05, 4.69) is 9.97 Å². The summed E-state index contributed by atoms with van der Waals surface area (Å²) in [6, 6.07) is 7.57. The van der Waals surface area contributed by atoms with Crippen LogP contribution in [0.25, 0.3) is 28.4 Å². The fourth-order valence-corrected chi connectivity index (χ4v) is 2.47. The molecule has 3 rings (SSSR count). The molecule has 0 amide bonds. The molecule has 3 aromatic rings. The smallest absolute Gasteiger partial charge is 0.328 e. The van der Waals surface area contributed by atoms with E-state index in [1.165, 1.54) is 0 Å². The molecule has 0 aromatic carbocycles. The van der Waals surface area contributed by atoms with Crippen LogP contribution in [0, 0.1) is 0 Å². The molecule has 0 aliphatic carbocycles. The molecule has 1 N–H and O–H groups in total. The fourth-order valence-electron chi connectivity index (χ4n) is 2.47. The highest BCUT2D eigenvalue weighted by atomic mass is 16.4. The van der Waals surface area contributed by atoms with Gasteiger partial charge in [0.05, 0.1) is 5.69 Å². The molecule has 0 aliphatic rings. The number of carboxylic acids is 1. The van der Waals surface area contributed by atoms with Gasteiger partial charge in [0.15, 0.2) is 0 Å². The van der Waals surface area contributed by atoms with Gasteiger partial charge < -0.3 is 9.67 Å². The molecule has 0 fully saturated rings. The molecule has 3 heterocycles. The van der Waals surface area contributed by atoms with Crippen molar-refractivity contribution in [3.05, 3.63) is 54.5 Å². The van der Waals surface area contributed by atoms with Gasteiger partial charge in [0, 0.05) is 48.2 Å². The summed E-state index contributed by atoms with van der Waals surface area (Å²) in [4.78, 5) is 19.2. The summed E-state index contributed by atoms with van der Waals surface area (Å²) >= 11 is 0. The number of aromatic nitrogens is 3. The molecule has 0 unspecified atom stereocenters. The molecule has 0 atom stereocenters. The molecule has 104 valence electrons. The summed E-state index contributed by atoms with van der Waals surface area (Å²) in [7, 11) is 1.92. The molecule has 21 heavy (non-hydrogen) atoms. The highest BCUT2D eigenvalue weighted by Gasteiger charge is 2.15. The molecular weight excluding hydrogens is 266 g/mol. The number of hydrogen-bond acceptors (Lipinski definition) is 3. The van der Waals surface area contributed by atoms with Gasteiger partial charge in [-0.15, -0.1) is 0 Å². The number of aryl methyl sites for hydroxylation is 1. The predicted octanol–water partition coefficient (Wildman–Crippen LogP) is 2.73. The molecule has 5 nitrogen and oxygen atoms in total. The molecule has 0 radical (unpaired) electrons. The first-order valence-corrected chi connectivity index (χ1v) is 6.43. The summed E-state index contributed by atoms with van der Waals surface area (Å²) in [5.74, 6) is -0.975. The van der Waals surface area contributed by atoms with Crippen LogP contribution in [0.3, 0.4) is 0 Å². The lowest BCUT2D eigenvalue weighted by molar-refractivity contribution is -0.131. The van der Waals surface area contributed by atoms with Crippen molar-refractivity contribution in [2.24, 2.45) is 7.05 Å². The van der Waals surface area contributed by atoms with Crippen LogP contribution in [0.1, 0.15) is 5.56 Å². The van der Waals surface area contributed by atoms with Crippen molar-refractivity contribution in [1.82, 2.24) is 14.5 Å². The third-order valence-corrected chi connectivity index (χ3v) is 3.33. The summed E-state index contributed by atoms with van der Waals surface area (Å²) < 4.78 is 1.96. The van der Waals surface area contributed by atoms with Crippen LogP contribution in [-0.2, 0) is 11.8 Å². The van der Waals surface area contributed by atoms with E-state index in [4.69, 9.17) is 5.11 Å². The minimum absolute atomic E-state index is 0.814. The summed E-state index contributed by atoms with van der Waals surface area (Å²) in [5.41, 5.74) is 3.54. The second-order valence-corrected chi connectivity index (χ2v) is 4.60. The maximum Gasteiger partial charge on any atom is 0.328 e. The van der Waals surface area contributed by atoms with Gasteiger partial charge >= 0.3 is 5.97 Å². The van der Waals surface area contributed by atoms with Gasteiger partial charge in [0.1, 0.15) is 5.65 Å². The van der Waals surface area contributed by atoms with Crippen molar-refractivity contribution >= 4 is 23.1 Å². The molecule has 0 aliphatic heterocycles. The fraction of sp³-hybridized carbons (Fsp3) is 0.0625. The molecule has 3 aromatic heterocycles. The standard InChI is InChI=1S/C16H13N3O2/c1-19-15(11-6-9-17-10-7-11)12(4-5-14(20)21)13-3-2-8-18-16(13)19/h2-10H,1H3,(H,20,21). The average Bonchev–Trinajstić information content (AvgIpc) is 2.79. The number of fused-ring (bicyclic) bond motifs is 1. The van der Waals surface area contributed by atoms with Crippen molar-refractivity contribution in [2.45, 2.75) is 0 Å². The second-order valence-electron chi connectivity index (χ2n) is 4.60. The number of hydrogen-bond donors (Lipinski definition) is 1. The lowest BCUT2D eigenvalue weighted by atomic mass is 10.1. The van der Waals surface area contributed by atoms with Gasteiger partial charge in [-0.1, -0.05) is 0 Å². The van der Waals surface area contributed by atoms with Crippen molar-refractivity contribution < 1.29 is 9.90 Å². The minimum Gasteiger partial charge on any atom is -0.478 e. The molecule has 0 bridgehead atoms. The number of aliphatic carboxylic acids is 1. The highest BCUT2D eigenvalue weighted by molar-refractivity contribution is 5.98. The predicted molar refractivity (Wildman–Crippen MR) is 80.6 cm³/mol. The zero-order valence-corrected chi connectivity index (χ0v) is 11.4. The van der Waals surface area contributed by atoms with Crippen LogP contribution >= 0.6 is 0 Å². The SMILES string of the molecule is Cn1c(-c2ccncc2)c(C=CC(=O)O)c2cccnc21. The Morgan fingerprint density at radius 3 is 2.71 bits per heavy atom. The van der Waals surface area contributed by atoms with E-state index < -0.39 is 5.97 Å². The Balaban J connectivity index is 2.34. The maximum absolute atomic E-state index is 10.8. The lowest BCUT2D eigenvalue weighted by Gasteiger charge is -2.05. The van der Waals surface area contributed by atoms with Crippen LogP contribution in [0.5, 0.6) is 0 Å². The van der Waals surface area contributed by atoms with Crippen molar-refractivity contribution in [3.8, 4) is 11.3 Å². The highest BCUT2D eigenvalue weighted by Crippen LogP contribution is 2.32. The second kappa shape index (κ2) is 5.20. The molecule has 0 saturated carbocycles. The maximum atomic E-state index is 10.8. The minimum atomic E-state index is -0.975. The molecular formula is C16H13N3O2. The van der Waals surface area contributed by atoms with E-state index in [1.54, 1.807) is 24.7 Å². The number of rotatable bonds is 3. The summed E-state index contributed by atoms with van der Waals surface area (Å²) in [6.45, 7) is 0. The Morgan fingerprint density at radius 2 is 2.00 bits per heavy atom. The Labute approximate surface area is 121 Å². The van der Waals surface area contributed by atoms with E-state index in [9.17, 15) is 4.79 Å². The van der Waals surface area contributed by atoms with Crippen molar-refractivity contribution in [3.63, 3.8) is 0 Å². The van der Waals surface area contributed by atoms with Crippen LogP contribution in [0.4, 0.5) is 0 Å². The van der Waals surface area contributed by atoms with Gasteiger partial charge in [-0.25, -0.2) is 9.78 Å². The molecule has 0 saturated heterocycles. The average molecular weight is 279 g/mol. The van der Waals surface area contributed by atoms with E-state index in [-0.39, 0.29) is 0 Å². The zero-order chi connectivity index (χ0) is 14.8. The van der Waals surface area contributed by atoms with Gasteiger partial charge in [-0.05, 0) is 30.3 Å². The van der Waals surface area contributed by atoms with Crippen LogP contribution in [0.2, 0.25) is 0 Å². The van der Waals surface area contributed by atoms with E-state index >= 15 is 0 Å². The topological polar surface area (TPSA) is 68.0 Å². The van der Waals surface area contributed by atoms with Gasteiger partial charge in [-0.3, -0.25) is 4.98 Å². The Morgan fingerprint density at radius 1 is 1.24 bits per heavy atom. The summed E-state index contributed by atoms with van der Waals surface area (Å²) in [6.07, 6.45) is 7.91. The monoisotopic (exact) mass is 279 g/mol. The van der Waals surface area contributed by atoms with Crippen molar-refractivity contribution in [2.75, 3.05) is 0 Å². The number of pyridine rings is 2. The number of nitrogens with zero attached hydrogens (tertiary/aromatic N) is 3. The first-order chi connectivity index (χ1) is 10.2. The van der Waals surface area contributed by atoms with Crippen LogP contribution in [-0.4, -0.2) is 25.6 Å². The third-order valence-electron chi connectivity index (χ3n) is 3.33. The van der Waals surface area contributed by atoms with Gasteiger partial charge in [-0.2, -0.15) is 0 Å². The van der Waals surface area contributed by atoms with Gasteiger partial charge in [0.2, 0.25) is 0 Å². The van der Waals surface area contributed by atoms with E-state index in [0.717, 1.165) is 33.9 Å². The Kier molecular flexibility index (Phi) is 3.23. The number of carboxylic acid groups (broad SMARTS) is 1. The Bertz CT molecular complexity index is 835. The lowest BCUT2D eigenvalue weighted by Crippen LogP contribution is -1.94. The largest absolute Gasteiger partial charge is 0.478 e. The van der Waals surface area contributed by atoms with E-state index in [0.29, 0.717) is 0 Å². The Hall–Kier alpha value is -2.95. The van der Waals surface area contributed by atoms with Crippen LogP contribution in [0.15, 0.2) is 48.9 Å².